The first-order valence-corrected chi connectivity index (χ1v) is 13.5. The Balaban J connectivity index is 0.000000191. The molecule has 2 aromatic carbocycles. The van der Waals surface area contributed by atoms with E-state index in [9.17, 15) is 4.79 Å². The van der Waals surface area contributed by atoms with Crippen LogP contribution in [-0.4, -0.2) is 65.4 Å². The van der Waals surface area contributed by atoms with Crippen LogP contribution in [0.5, 0.6) is 11.5 Å². The van der Waals surface area contributed by atoms with Crippen LogP contribution in [-0.2, 0) is 23.4 Å². The summed E-state index contributed by atoms with van der Waals surface area (Å²) in [6, 6.07) is 7.25. The lowest BCUT2D eigenvalue weighted by Gasteiger charge is -2.21. The van der Waals surface area contributed by atoms with Crippen molar-refractivity contribution >= 4 is 66.9 Å². The largest absolute Gasteiger partial charge is 0.498 e. The number of ether oxygens (including phenoxy) is 3. The van der Waals surface area contributed by atoms with Crippen LogP contribution in [0.3, 0.4) is 0 Å². The van der Waals surface area contributed by atoms with E-state index in [4.69, 9.17) is 61.8 Å². The number of benzene rings is 2. The van der Waals surface area contributed by atoms with Gasteiger partial charge in [0.1, 0.15) is 30.3 Å². The zero-order valence-corrected chi connectivity index (χ0v) is 24.7. The van der Waals surface area contributed by atoms with E-state index in [1.165, 1.54) is 0 Å². The lowest BCUT2D eigenvalue weighted by atomic mass is 9.78. The number of nitrogens with two attached hydrogens (primary N) is 1. The van der Waals surface area contributed by atoms with Crippen molar-refractivity contribution in [3.63, 3.8) is 0 Å². The van der Waals surface area contributed by atoms with Crippen molar-refractivity contribution in [2.24, 2.45) is 5.73 Å². The van der Waals surface area contributed by atoms with Crippen LogP contribution in [0.15, 0.2) is 24.3 Å². The van der Waals surface area contributed by atoms with Gasteiger partial charge in [-0.1, -0.05) is 23.2 Å². The molecule has 3 N–H and O–H groups in total. The molecule has 15 heteroatoms. The molecule has 2 atom stereocenters. The van der Waals surface area contributed by atoms with Crippen molar-refractivity contribution in [2.75, 3.05) is 39.5 Å². The number of hydrogen-bond acceptors (Lipinski definition) is 9. The second kappa shape index (κ2) is 13.0. The SMILES string of the molecule is CC(C)(C)OC(=O)NCC1OB2OCCOc3ccc(Cl)c1c32.Cl.NCC1OB2OCCOc3ccc(Cl)c1c32. The summed E-state index contributed by atoms with van der Waals surface area (Å²) < 4.78 is 39.3. The van der Waals surface area contributed by atoms with E-state index in [0.29, 0.717) is 48.8 Å². The Morgan fingerprint density at radius 3 is 1.93 bits per heavy atom. The van der Waals surface area contributed by atoms with Gasteiger partial charge in [0.2, 0.25) is 0 Å². The van der Waals surface area contributed by atoms with Gasteiger partial charge in [0.05, 0.1) is 25.4 Å². The smallest absolute Gasteiger partial charge is 0.492 e. The zero-order chi connectivity index (χ0) is 27.7. The fraction of sp³-hybridized carbons (Fsp3) is 0.480. The molecule has 0 spiro atoms. The number of carbonyl (C=O) groups excluding carboxylic acids is 1. The van der Waals surface area contributed by atoms with Gasteiger partial charge < -0.3 is 43.9 Å². The molecular weight excluding hydrogens is 584 g/mol. The average Bonchev–Trinajstić information content (AvgIpc) is 3.29. The molecule has 2 unspecified atom stereocenters. The summed E-state index contributed by atoms with van der Waals surface area (Å²) in [5.74, 6) is 1.50. The molecule has 1 amide bonds. The van der Waals surface area contributed by atoms with Gasteiger partial charge in [-0.05, 0) is 45.0 Å². The minimum absolute atomic E-state index is 0. The van der Waals surface area contributed by atoms with Crippen molar-refractivity contribution in [3.8, 4) is 11.5 Å². The van der Waals surface area contributed by atoms with Crippen molar-refractivity contribution in [3.05, 3.63) is 45.4 Å². The van der Waals surface area contributed by atoms with E-state index in [2.05, 4.69) is 5.32 Å². The Kier molecular flexibility index (Phi) is 10.1. The van der Waals surface area contributed by atoms with E-state index in [-0.39, 0.29) is 32.2 Å². The minimum atomic E-state index is -0.552. The van der Waals surface area contributed by atoms with Crippen LogP contribution < -0.4 is 31.4 Å². The molecule has 2 aromatic rings. The third-order valence-corrected chi connectivity index (χ3v) is 7.00. The molecule has 10 nitrogen and oxygen atoms in total. The fourth-order valence-electron chi connectivity index (χ4n) is 4.82. The Bertz CT molecular complexity index is 1240. The standard InChI is InChI=1S/C15H19BClNO5.C10H11BClNO3.ClH/c1-15(2,3)22-14(19)18-8-11-12-9(17)4-5-10-13(12)16(23-11)21-7-6-20-10;12-6-1-2-7-10-9(6)8(5-13)16-11(10)15-4-3-14-7;/h4-5,11H,6-8H2,1-3H3,(H,18,19);1-2,8H,3-5,13H2;1H. The number of nitrogens with one attached hydrogen (secondary N) is 1. The van der Waals surface area contributed by atoms with Gasteiger partial charge in [-0.25, -0.2) is 4.79 Å². The first-order valence-electron chi connectivity index (χ1n) is 12.8. The first-order chi connectivity index (χ1) is 18.7. The van der Waals surface area contributed by atoms with Gasteiger partial charge >= 0.3 is 20.3 Å². The van der Waals surface area contributed by atoms with Gasteiger partial charge in [-0.15, -0.1) is 12.4 Å². The maximum Gasteiger partial charge on any atom is 0.498 e. The molecule has 4 aliphatic heterocycles. The molecule has 0 saturated carbocycles. The number of hydrogen-bond donors (Lipinski definition) is 2. The van der Waals surface area contributed by atoms with Crippen LogP contribution in [0.25, 0.3) is 0 Å². The first kappa shape index (κ1) is 31.1. The van der Waals surface area contributed by atoms with Crippen LogP contribution in [0.1, 0.15) is 44.1 Å². The van der Waals surface area contributed by atoms with E-state index in [1.54, 1.807) is 6.07 Å². The second-order valence-electron chi connectivity index (χ2n) is 10.2. The van der Waals surface area contributed by atoms with Crippen molar-refractivity contribution in [2.45, 2.75) is 38.6 Å². The summed E-state index contributed by atoms with van der Waals surface area (Å²) in [6.45, 7) is 7.99. The molecule has 0 saturated heterocycles. The molecule has 40 heavy (non-hydrogen) atoms. The Morgan fingerprint density at radius 1 is 0.925 bits per heavy atom. The predicted molar refractivity (Wildman–Crippen MR) is 155 cm³/mol. The van der Waals surface area contributed by atoms with Crippen LogP contribution in [0, 0.1) is 0 Å². The van der Waals surface area contributed by atoms with Gasteiger partial charge in [0.15, 0.2) is 0 Å². The van der Waals surface area contributed by atoms with E-state index < -0.39 is 24.9 Å². The summed E-state index contributed by atoms with van der Waals surface area (Å²) in [5, 5.41) is 3.93. The topological polar surface area (TPSA) is 120 Å². The highest BCUT2D eigenvalue weighted by molar-refractivity contribution is 6.65. The number of amides is 1. The van der Waals surface area contributed by atoms with Crippen molar-refractivity contribution < 1.29 is 37.6 Å². The van der Waals surface area contributed by atoms with Crippen LogP contribution in [0.4, 0.5) is 4.79 Å². The van der Waals surface area contributed by atoms with Gasteiger partial charge in [0, 0.05) is 45.2 Å². The van der Waals surface area contributed by atoms with E-state index in [1.807, 2.05) is 39.0 Å². The molecule has 0 fully saturated rings. The van der Waals surface area contributed by atoms with E-state index >= 15 is 0 Å². The average molecular weight is 616 g/mol. The van der Waals surface area contributed by atoms with E-state index in [0.717, 1.165) is 27.8 Å². The molecule has 0 aromatic heterocycles. The Morgan fingerprint density at radius 2 is 1.43 bits per heavy atom. The molecular formula is C25H31B2Cl3N2O8. The maximum absolute atomic E-state index is 11.8. The van der Waals surface area contributed by atoms with Crippen LogP contribution in [0.2, 0.25) is 10.0 Å². The van der Waals surface area contributed by atoms with Crippen molar-refractivity contribution in [1.29, 1.82) is 0 Å². The molecule has 4 heterocycles. The predicted octanol–water partition coefficient (Wildman–Crippen LogP) is 2.94. The second-order valence-corrected chi connectivity index (χ2v) is 11.0. The summed E-state index contributed by atoms with van der Waals surface area (Å²) in [4.78, 5) is 11.8. The Hall–Kier alpha value is -1.89. The molecule has 0 aliphatic carbocycles. The van der Waals surface area contributed by atoms with Gasteiger partial charge in [0.25, 0.3) is 0 Å². The summed E-state index contributed by atoms with van der Waals surface area (Å²) >= 11 is 12.5. The fourth-order valence-corrected chi connectivity index (χ4v) is 5.39. The highest BCUT2D eigenvalue weighted by Gasteiger charge is 2.44. The zero-order valence-electron chi connectivity index (χ0n) is 22.4. The maximum atomic E-state index is 11.8. The highest BCUT2D eigenvalue weighted by Crippen LogP contribution is 2.36. The van der Waals surface area contributed by atoms with Gasteiger partial charge in [-0.2, -0.15) is 0 Å². The molecule has 6 rings (SSSR count). The van der Waals surface area contributed by atoms with Crippen LogP contribution >= 0.6 is 35.6 Å². The Labute approximate surface area is 250 Å². The lowest BCUT2D eigenvalue weighted by molar-refractivity contribution is 0.0494. The number of alkyl carbamates (subject to hydrolysis) is 1. The third kappa shape index (κ3) is 6.60. The molecule has 4 aliphatic rings. The number of rotatable bonds is 3. The number of carbonyl (C=O) groups is 1. The van der Waals surface area contributed by atoms with Gasteiger partial charge in [-0.3, -0.25) is 0 Å². The molecule has 0 bridgehead atoms. The molecule has 216 valence electrons. The third-order valence-electron chi connectivity index (χ3n) is 6.34. The lowest BCUT2D eigenvalue weighted by Crippen LogP contribution is -2.35. The minimum Gasteiger partial charge on any atom is -0.492 e. The number of halogens is 3. The highest BCUT2D eigenvalue weighted by atomic mass is 35.5. The quantitative estimate of drug-likeness (QED) is 0.503. The monoisotopic (exact) mass is 614 g/mol. The summed E-state index contributed by atoms with van der Waals surface area (Å²) in [6.07, 6.45) is -1.10. The summed E-state index contributed by atoms with van der Waals surface area (Å²) in [7, 11) is -0.911. The van der Waals surface area contributed by atoms with Crippen molar-refractivity contribution in [1.82, 2.24) is 5.32 Å². The normalized spacial score (nSPS) is 20.4. The molecule has 0 radical (unpaired) electrons. The summed E-state index contributed by atoms with van der Waals surface area (Å²) in [5.41, 5.74) is 8.54.